The van der Waals surface area contributed by atoms with Gasteiger partial charge in [-0.05, 0) is 32.6 Å². The lowest BCUT2D eigenvalue weighted by atomic mass is 10.1. The van der Waals surface area contributed by atoms with Crippen molar-refractivity contribution in [2.24, 2.45) is 0 Å². The molecule has 0 aliphatic carbocycles. The minimum atomic E-state index is -1.80. The van der Waals surface area contributed by atoms with Crippen LogP contribution in [0.15, 0.2) is 0 Å². The van der Waals surface area contributed by atoms with E-state index in [0.29, 0.717) is 0 Å². The van der Waals surface area contributed by atoms with Crippen LogP contribution >= 0.6 is 0 Å². The quantitative estimate of drug-likeness (QED) is 0.430. The molecule has 0 aromatic heterocycles. The highest BCUT2D eigenvalue weighted by molar-refractivity contribution is 6.72. The van der Waals surface area contributed by atoms with Crippen molar-refractivity contribution in [3.63, 3.8) is 0 Å². The van der Waals surface area contributed by atoms with Gasteiger partial charge in [-0.15, -0.1) is 0 Å². The van der Waals surface area contributed by atoms with E-state index in [1.807, 2.05) is 0 Å². The number of unbranched alkanes of at least 4 members (excludes halogenated alkanes) is 5. The maximum atomic E-state index is 5.90. The van der Waals surface area contributed by atoms with E-state index in [4.69, 9.17) is 8.54 Å². The van der Waals surface area contributed by atoms with Crippen LogP contribution in [0.1, 0.15) is 45.4 Å². The van der Waals surface area contributed by atoms with Crippen molar-refractivity contribution in [2.45, 2.75) is 71.6 Å². The first-order chi connectivity index (χ1) is 7.48. The lowest BCUT2D eigenvalue weighted by Crippen LogP contribution is -2.39. The second-order valence-corrected chi connectivity index (χ2v) is 10.7. The van der Waals surface area contributed by atoms with E-state index in [1.54, 1.807) is 0 Å². The predicted octanol–water partition coefficient (Wildman–Crippen LogP) is 4.33. The summed E-state index contributed by atoms with van der Waals surface area (Å²) in [5.41, 5.74) is 0. The van der Waals surface area contributed by atoms with Crippen LogP contribution in [0.2, 0.25) is 26.2 Å². The van der Waals surface area contributed by atoms with Gasteiger partial charge in [-0.3, -0.25) is 0 Å². The van der Waals surface area contributed by atoms with Crippen LogP contribution in [-0.4, -0.2) is 24.2 Å². The first-order valence-electron chi connectivity index (χ1n) is 6.61. The van der Waals surface area contributed by atoms with Crippen LogP contribution in [0.3, 0.4) is 0 Å². The van der Waals surface area contributed by atoms with Gasteiger partial charge in [0.05, 0.1) is 0 Å². The van der Waals surface area contributed by atoms with Gasteiger partial charge in [-0.25, -0.2) is 0 Å². The Morgan fingerprint density at radius 1 is 0.938 bits per heavy atom. The second-order valence-electron chi connectivity index (χ2n) is 5.03. The number of hydrogen-bond donors (Lipinski definition) is 0. The minimum absolute atomic E-state index is 0.609. The van der Waals surface area contributed by atoms with E-state index in [0.717, 1.165) is 6.61 Å². The maximum absolute atomic E-state index is 5.90. The summed E-state index contributed by atoms with van der Waals surface area (Å²) in [7, 11) is -2.41. The Labute approximate surface area is 105 Å². The Hall–Kier alpha value is 0.354. The molecule has 0 atom stereocenters. The molecule has 0 unspecified atom stereocenters. The molecule has 2 nitrogen and oxygen atoms in total. The van der Waals surface area contributed by atoms with E-state index in [-0.39, 0.29) is 0 Å². The monoisotopic (exact) mass is 261 g/mol. The molecule has 0 aromatic carbocycles. The van der Waals surface area contributed by atoms with Crippen molar-refractivity contribution in [3.05, 3.63) is 0 Å². The van der Waals surface area contributed by atoms with Crippen LogP contribution in [0, 0.1) is 0 Å². The number of hydrogen-bond acceptors (Lipinski definition) is 2. The van der Waals surface area contributed by atoms with Crippen LogP contribution in [0.25, 0.3) is 0 Å². The first-order valence-corrected chi connectivity index (χ1v) is 11.8. The average Bonchev–Trinajstić information content (AvgIpc) is 2.14. The van der Waals surface area contributed by atoms with Gasteiger partial charge in [-0.1, -0.05) is 39.0 Å². The van der Waals surface area contributed by atoms with Gasteiger partial charge in [0.1, 0.15) is 0 Å². The van der Waals surface area contributed by atoms with Crippen LogP contribution in [0.4, 0.5) is 0 Å². The van der Waals surface area contributed by atoms with E-state index in [2.05, 4.69) is 33.1 Å². The summed E-state index contributed by atoms with van der Waals surface area (Å²) in [4.78, 5) is 0. The Morgan fingerprint density at radius 2 is 1.50 bits per heavy atom. The molecule has 4 heteroatoms. The van der Waals surface area contributed by atoms with Crippen molar-refractivity contribution in [1.29, 1.82) is 0 Å². The van der Waals surface area contributed by atoms with E-state index >= 15 is 0 Å². The molecule has 0 N–H and O–H groups in total. The van der Waals surface area contributed by atoms with E-state index in [9.17, 15) is 0 Å². The van der Waals surface area contributed by atoms with Crippen molar-refractivity contribution in [2.75, 3.05) is 6.61 Å². The first kappa shape index (κ1) is 16.4. The third-order valence-corrected chi connectivity index (χ3v) is 6.90. The summed E-state index contributed by atoms with van der Waals surface area (Å²) in [6.07, 6.45) is 7.94. The van der Waals surface area contributed by atoms with Crippen molar-refractivity contribution < 1.29 is 8.54 Å². The molecular weight excluding hydrogens is 232 g/mol. The Kier molecular flexibility index (Phi) is 9.60. The summed E-state index contributed by atoms with van der Waals surface area (Å²) < 4.78 is 11.8. The van der Waals surface area contributed by atoms with Crippen molar-refractivity contribution in [1.82, 2.24) is 0 Å². The van der Waals surface area contributed by atoms with Gasteiger partial charge in [0.15, 0.2) is 9.04 Å². The minimum Gasteiger partial charge on any atom is -0.436 e. The van der Waals surface area contributed by atoms with Crippen LogP contribution in [-0.2, 0) is 8.54 Å². The fourth-order valence-electron chi connectivity index (χ4n) is 1.72. The summed E-state index contributed by atoms with van der Waals surface area (Å²) in [5, 5.41) is 0. The Bertz CT molecular complexity index is 161. The smallest absolute Gasteiger partial charge is 0.321 e. The zero-order valence-electron chi connectivity index (χ0n) is 11.8. The fraction of sp³-hybridized carbons (Fsp3) is 1.00. The fourth-order valence-corrected chi connectivity index (χ4v) is 6.53. The molecule has 0 aromatic rings. The Morgan fingerprint density at radius 3 is 2.06 bits per heavy atom. The zero-order valence-corrected chi connectivity index (χ0v) is 13.8. The zero-order chi connectivity index (χ0) is 12.4. The molecule has 0 saturated heterocycles. The molecule has 0 fully saturated rings. The molecule has 0 amide bonds. The average molecular weight is 262 g/mol. The largest absolute Gasteiger partial charge is 0.436 e. The lowest BCUT2D eigenvalue weighted by Gasteiger charge is -2.24. The molecule has 0 bridgehead atoms. The topological polar surface area (TPSA) is 18.5 Å². The van der Waals surface area contributed by atoms with Gasteiger partial charge in [-0.2, -0.15) is 0 Å². The van der Waals surface area contributed by atoms with Crippen molar-refractivity contribution in [3.8, 4) is 0 Å². The SMILES string of the molecule is CCCCCCCCO[Si](C)(C)O[Si](C)C. The molecule has 16 heavy (non-hydrogen) atoms. The highest BCUT2D eigenvalue weighted by Crippen LogP contribution is 2.11. The van der Waals surface area contributed by atoms with Gasteiger partial charge in [0, 0.05) is 6.61 Å². The highest BCUT2D eigenvalue weighted by atomic mass is 28.4. The van der Waals surface area contributed by atoms with Gasteiger partial charge in [0.25, 0.3) is 0 Å². The second kappa shape index (κ2) is 9.39. The Balaban J connectivity index is 3.36. The summed E-state index contributed by atoms with van der Waals surface area (Å²) in [6.45, 7) is 11.8. The molecule has 0 aliphatic heterocycles. The molecule has 1 radical (unpaired) electrons. The lowest BCUT2D eigenvalue weighted by molar-refractivity contribution is 0.242. The molecule has 97 valence electrons. The highest BCUT2D eigenvalue weighted by Gasteiger charge is 2.25. The van der Waals surface area contributed by atoms with Crippen LogP contribution < -0.4 is 0 Å². The normalized spacial score (nSPS) is 12.4. The summed E-state index contributed by atoms with van der Waals surface area (Å²) in [5.74, 6) is 0. The van der Waals surface area contributed by atoms with Gasteiger partial charge >= 0.3 is 8.56 Å². The predicted molar refractivity (Wildman–Crippen MR) is 75.4 cm³/mol. The van der Waals surface area contributed by atoms with Gasteiger partial charge < -0.3 is 8.54 Å². The third-order valence-electron chi connectivity index (χ3n) is 2.40. The van der Waals surface area contributed by atoms with E-state index in [1.165, 1.54) is 38.5 Å². The molecule has 0 saturated carbocycles. The third kappa shape index (κ3) is 10.9. The molecule has 0 rings (SSSR count). The van der Waals surface area contributed by atoms with Crippen LogP contribution in [0.5, 0.6) is 0 Å². The molecule has 0 aliphatic rings. The van der Waals surface area contributed by atoms with Crippen molar-refractivity contribution >= 4 is 17.6 Å². The molecular formula is C12H29O2Si2. The standard InChI is InChI=1S/C12H29O2Si2/c1-6-7-8-9-10-11-12-13-16(4,5)14-15(2)3/h6-12H2,1-5H3. The summed E-state index contributed by atoms with van der Waals surface area (Å²) in [6, 6.07) is 0. The number of rotatable bonds is 10. The summed E-state index contributed by atoms with van der Waals surface area (Å²) >= 11 is 0. The van der Waals surface area contributed by atoms with Gasteiger partial charge in [0.2, 0.25) is 0 Å². The van der Waals surface area contributed by atoms with E-state index < -0.39 is 17.6 Å². The maximum Gasteiger partial charge on any atom is 0.321 e. The molecule has 0 heterocycles. The molecule has 0 spiro atoms.